The summed E-state index contributed by atoms with van der Waals surface area (Å²) in [5, 5.41) is 32.2. The Kier molecular flexibility index (Phi) is 3.87. The van der Waals surface area contributed by atoms with Gasteiger partial charge in [0.05, 0.1) is 24.3 Å². The van der Waals surface area contributed by atoms with Crippen molar-refractivity contribution < 1.29 is 20.1 Å². The average Bonchev–Trinajstić information content (AvgIpc) is 3.29. The van der Waals surface area contributed by atoms with Crippen LogP contribution in [0.15, 0.2) is 28.8 Å². The molecule has 2 aliphatic heterocycles. The molecule has 1 fully saturated rings. The second kappa shape index (κ2) is 5.92. The van der Waals surface area contributed by atoms with Crippen LogP contribution in [-0.2, 0) is 4.74 Å². The van der Waals surface area contributed by atoms with Gasteiger partial charge in [0.15, 0.2) is 12.0 Å². The smallest absolute Gasteiger partial charge is 0.165 e. The highest BCUT2D eigenvalue weighted by Gasteiger charge is 2.44. The SMILES string of the molecule is NC1c2ncn([C@@H]3O[C@H](CO)C(O)C3O)c2N=CN1c1cccs1. The first kappa shape index (κ1) is 15.7. The Balaban J connectivity index is 1.66. The molecule has 0 aliphatic carbocycles. The minimum atomic E-state index is -1.19. The van der Waals surface area contributed by atoms with Crippen LogP contribution in [0.1, 0.15) is 18.1 Å². The van der Waals surface area contributed by atoms with Gasteiger partial charge in [-0.1, -0.05) is 0 Å². The van der Waals surface area contributed by atoms with Crippen molar-refractivity contribution >= 4 is 28.5 Å². The van der Waals surface area contributed by atoms with Crippen LogP contribution >= 0.6 is 11.3 Å². The summed E-state index contributed by atoms with van der Waals surface area (Å²) in [5.74, 6) is 0.463. The van der Waals surface area contributed by atoms with Crippen LogP contribution in [0.3, 0.4) is 0 Å². The molecule has 0 bridgehead atoms. The molecule has 0 saturated carbocycles. The molecule has 3 unspecified atom stereocenters. The van der Waals surface area contributed by atoms with Crippen LogP contribution in [0.2, 0.25) is 0 Å². The van der Waals surface area contributed by atoms with Gasteiger partial charge in [0.2, 0.25) is 0 Å². The number of hydrogen-bond acceptors (Lipinski definition) is 9. The van der Waals surface area contributed by atoms with Gasteiger partial charge in [-0.05, 0) is 17.5 Å². The molecule has 5 N–H and O–H groups in total. The summed E-state index contributed by atoms with van der Waals surface area (Å²) in [6, 6.07) is 3.86. The number of aromatic nitrogens is 2. The van der Waals surface area contributed by atoms with Crippen molar-refractivity contribution in [2.75, 3.05) is 11.5 Å². The number of hydrogen-bond donors (Lipinski definition) is 4. The normalized spacial score (nSPS) is 32.3. The molecule has 128 valence electrons. The van der Waals surface area contributed by atoms with Crippen LogP contribution in [0.25, 0.3) is 0 Å². The summed E-state index contributed by atoms with van der Waals surface area (Å²) in [4.78, 5) is 10.5. The number of anilines is 1. The number of aliphatic imine (C=N–C) groups is 1. The minimum Gasteiger partial charge on any atom is -0.394 e. The van der Waals surface area contributed by atoms with Gasteiger partial charge in [0, 0.05) is 0 Å². The third-order valence-electron chi connectivity index (χ3n) is 4.23. The molecule has 4 rings (SSSR count). The Morgan fingerprint density at radius 2 is 2.17 bits per heavy atom. The number of aliphatic hydroxyl groups excluding tert-OH is 3. The molecule has 24 heavy (non-hydrogen) atoms. The molecule has 2 aromatic rings. The van der Waals surface area contributed by atoms with E-state index in [4.69, 9.17) is 10.5 Å². The second-order valence-corrected chi connectivity index (χ2v) is 6.56. The maximum absolute atomic E-state index is 10.2. The topological polar surface area (TPSA) is 129 Å². The summed E-state index contributed by atoms with van der Waals surface area (Å²) >= 11 is 1.54. The van der Waals surface area contributed by atoms with Crippen molar-refractivity contribution in [1.82, 2.24) is 9.55 Å². The highest BCUT2D eigenvalue weighted by atomic mass is 32.1. The zero-order chi connectivity index (χ0) is 16.8. The maximum Gasteiger partial charge on any atom is 0.165 e. The lowest BCUT2D eigenvalue weighted by Gasteiger charge is -2.28. The van der Waals surface area contributed by atoms with Gasteiger partial charge >= 0.3 is 0 Å². The van der Waals surface area contributed by atoms with Crippen molar-refractivity contribution in [3.8, 4) is 0 Å². The predicted octanol–water partition coefficient (Wildman–Crippen LogP) is -0.307. The predicted molar refractivity (Wildman–Crippen MR) is 87.1 cm³/mol. The van der Waals surface area contributed by atoms with Gasteiger partial charge in [-0.3, -0.25) is 4.57 Å². The summed E-state index contributed by atoms with van der Waals surface area (Å²) in [5.41, 5.74) is 6.83. The Hall–Kier alpha value is -1.82. The summed E-state index contributed by atoms with van der Waals surface area (Å²) in [7, 11) is 0. The molecule has 4 heterocycles. The molecule has 9 nitrogen and oxygen atoms in total. The molecular weight excluding hydrogens is 334 g/mol. The van der Waals surface area contributed by atoms with Gasteiger partial charge in [-0.25, -0.2) is 9.98 Å². The molecule has 2 aromatic heterocycles. The number of thiophene rings is 1. The Bertz CT molecular complexity index is 748. The largest absolute Gasteiger partial charge is 0.394 e. The Morgan fingerprint density at radius 3 is 2.83 bits per heavy atom. The number of nitrogens with zero attached hydrogens (tertiary/aromatic N) is 4. The van der Waals surface area contributed by atoms with E-state index >= 15 is 0 Å². The molecule has 0 spiro atoms. The number of fused-ring (bicyclic) bond motifs is 1. The van der Waals surface area contributed by atoms with Crippen LogP contribution in [0.5, 0.6) is 0 Å². The standard InChI is InChI=1S/C14H17N5O4S/c15-12-9-13(17-6-18(12)8-2-1-3-24-8)19(5-16-9)14-11(22)10(21)7(4-20)23-14/h1-3,5-7,10-12,14,20-22H,4,15H2/t7-,10?,11?,12?,14-/m1/s1. The van der Waals surface area contributed by atoms with E-state index in [1.54, 1.807) is 6.34 Å². The first-order chi connectivity index (χ1) is 11.6. The van der Waals surface area contributed by atoms with Crippen molar-refractivity contribution in [3.05, 3.63) is 29.5 Å². The number of aliphatic hydroxyl groups is 3. The fraction of sp³-hybridized carbons (Fsp3) is 0.429. The number of imidazole rings is 1. The molecule has 1 saturated heterocycles. The lowest BCUT2D eigenvalue weighted by Crippen LogP contribution is -2.35. The van der Waals surface area contributed by atoms with Crippen LogP contribution in [0, 0.1) is 0 Å². The highest BCUT2D eigenvalue weighted by molar-refractivity contribution is 7.14. The van der Waals surface area contributed by atoms with E-state index in [2.05, 4.69) is 9.98 Å². The minimum absolute atomic E-state index is 0.388. The summed E-state index contributed by atoms with van der Waals surface area (Å²) < 4.78 is 7.06. The van der Waals surface area contributed by atoms with Gasteiger partial charge in [-0.2, -0.15) is 0 Å². The van der Waals surface area contributed by atoms with E-state index in [0.29, 0.717) is 11.5 Å². The fourth-order valence-electron chi connectivity index (χ4n) is 2.94. The maximum atomic E-state index is 10.2. The van der Waals surface area contributed by atoms with Crippen LogP contribution in [-0.4, -0.2) is 56.1 Å². The van der Waals surface area contributed by atoms with E-state index < -0.39 is 30.7 Å². The third-order valence-corrected chi connectivity index (χ3v) is 5.11. The summed E-state index contributed by atoms with van der Waals surface area (Å²) in [6.07, 6.45) is -1.55. The Labute approximate surface area is 141 Å². The van der Waals surface area contributed by atoms with Crippen LogP contribution in [0.4, 0.5) is 10.8 Å². The molecule has 0 aromatic carbocycles. The number of rotatable bonds is 3. The molecular formula is C14H17N5O4S. The fourth-order valence-corrected chi connectivity index (χ4v) is 3.67. The van der Waals surface area contributed by atoms with E-state index in [0.717, 1.165) is 5.00 Å². The number of nitrogens with two attached hydrogens (primary N) is 1. The van der Waals surface area contributed by atoms with Crippen LogP contribution < -0.4 is 10.6 Å². The van der Waals surface area contributed by atoms with Gasteiger partial charge in [0.25, 0.3) is 0 Å². The molecule has 2 aliphatic rings. The van der Waals surface area contributed by atoms with Gasteiger partial charge < -0.3 is 30.7 Å². The molecule has 0 radical (unpaired) electrons. The first-order valence-corrected chi connectivity index (χ1v) is 8.30. The Morgan fingerprint density at radius 1 is 1.33 bits per heavy atom. The van der Waals surface area contributed by atoms with Gasteiger partial charge in [0.1, 0.15) is 30.2 Å². The van der Waals surface area contributed by atoms with E-state index in [1.165, 1.54) is 22.2 Å². The second-order valence-electron chi connectivity index (χ2n) is 5.64. The zero-order valence-corrected chi connectivity index (χ0v) is 13.3. The van der Waals surface area contributed by atoms with Crippen molar-refractivity contribution in [2.24, 2.45) is 10.7 Å². The number of ether oxygens (including phenoxy) is 1. The zero-order valence-electron chi connectivity index (χ0n) is 12.5. The first-order valence-electron chi connectivity index (χ1n) is 7.42. The van der Waals surface area contributed by atoms with Crippen molar-refractivity contribution in [3.63, 3.8) is 0 Å². The lowest BCUT2D eigenvalue weighted by atomic mass is 10.1. The van der Waals surface area contributed by atoms with Crippen molar-refractivity contribution in [1.29, 1.82) is 0 Å². The van der Waals surface area contributed by atoms with Crippen molar-refractivity contribution in [2.45, 2.75) is 30.7 Å². The van der Waals surface area contributed by atoms with E-state index in [9.17, 15) is 15.3 Å². The van der Waals surface area contributed by atoms with E-state index in [-0.39, 0.29) is 6.61 Å². The van der Waals surface area contributed by atoms with E-state index in [1.807, 2.05) is 22.4 Å². The monoisotopic (exact) mass is 351 g/mol. The lowest BCUT2D eigenvalue weighted by molar-refractivity contribution is -0.0520. The third kappa shape index (κ3) is 2.27. The highest BCUT2D eigenvalue weighted by Crippen LogP contribution is 2.38. The molecule has 5 atom stereocenters. The summed E-state index contributed by atoms with van der Waals surface area (Å²) in [6.45, 7) is -0.388. The quantitative estimate of drug-likeness (QED) is 0.597. The molecule has 10 heteroatoms. The molecule has 0 amide bonds. The van der Waals surface area contributed by atoms with Gasteiger partial charge in [-0.15, -0.1) is 11.3 Å². The average molecular weight is 351 g/mol.